The van der Waals surface area contributed by atoms with Gasteiger partial charge in [-0.3, -0.25) is 0 Å². The second-order valence-electron chi connectivity index (χ2n) is 11.0. The number of hydrogen-bond acceptors (Lipinski definition) is 2. The standard InChI is InChI=1S/C30H66N2.2H2O/c1-7-13-23-31(24-14-8-2,25-15-9-3)29-21-19-20-22-30-32(26-16-10-4,27-17-11-5)28-18-12-6;;/h7-30H2,1-6H3;2*1H2/q+2;;/p-2. The Morgan fingerprint density at radius 2 is 0.441 bits per heavy atom. The predicted octanol–water partition coefficient (Wildman–Crippen LogP) is 8.63. The van der Waals surface area contributed by atoms with Crippen LogP contribution in [0.5, 0.6) is 0 Å². The molecule has 0 radical (unpaired) electrons. The molecule has 0 aliphatic heterocycles. The Balaban J connectivity index is -0.00000480. The second kappa shape index (κ2) is 25.9. The summed E-state index contributed by atoms with van der Waals surface area (Å²) in [5.41, 5.74) is 0. The predicted molar refractivity (Wildman–Crippen MR) is 151 cm³/mol. The number of hydrogen-bond donors (Lipinski definition) is 0. The maximum atomic E-state index is 2.37. The van der Waals surface area contributed by atoms with E-state index in [9.17, 15) is 0 Å². The van der Waals surface area contributed by atoms with Crippen molar-refractivity contribution in [2.24, 2.45) is 0 Å². The third kappa shape index (κ3) is 18.2. The summed E-state index contributed by atoms with van der Waals surface area (Å²) >= 11 is 0. The topological polar surface area (TPSA) is 60.0 Å². The fourth-order valence-corrected chi connectivity index (χ4v) is 5.55. The first-order chi connectivity index (χ1) is 15.6. The van der Waals surface area contributed by atoms with Crippen LogP contribution in [-0.2, 0) is 0 Å². The van der Waals surface area contributed by atoms with Crippen molar-refractivity contribution in [1.82, 2.24) is 0 Å². The van der Waals surface area contributed by atoms with Crippen LogP contribution < -0.4 is 0 Å². The third-order valence-electron chi connectivity index (χ3n) is 7.93. The molecule has 0 aliphatic carbocycles. The van der Waals surface area contributed by atoms with Crippen LogP contribution in [0.1, 0.15) is 144 Å². The monoisotopic (exact) mass is 489 g/mol. The van der Waals surface area contributed by atoms with E-state index in [2.05, 4.69) is 41.5 Å². The Hall–Kier alpha value is -0.160. The molecule has 34 heavy (non-hydrogen) atoms. The lowest BCUT2D eigenvalue weighted by Crippen LogP contribution is -2.51. The van der Waals surface area contributed by atoms with Gasteiger partial charge in [0, 0.05) is 0 Å². The van der Waals surface area contributed by atoms with Gasteiger partial charge in [0.2, 0.25) is 0 Å². The largest absolute Gasteiger partial charge is 0.870 e. The SMILES string of the molecule is CCCC[N+](CCCC)(CCCC)CCCCCC[N+](CCCC)(CCCC)CCCC.[OH-].[OH-]. The van der Waals surface area contributed by atoms with Gasteiger partial charge in [-0.25, -0.2) is 0 Å². The molecule has 0 fully saturated rings. The quantitative estimate of drug-likeness (QED) is 0.0953. The Bertz CT molecular complexity index is 310. The number of nitrogens with zero attached hydrogens (tertiary/aromatic N) is 2. The molecule has 2 N–H and O–H groups in total. The van der Waals surface area contributed by atoms with Gasteiger partial charge in [-0.1, -0.05) is 80.1 Å². The molecular weight excluding hydrogens is 420 g/mol. The van der Waals surface area contributed by atoms with Crippen LogP contribution in [-0.4, -0.2) is 72.3 Å². The Labute approximate surface area is 216 Å². The summed E-state index contributed by atoms with van der Waals surface area (Å²) in [5, 5.41) is 0. The fourth-order valence-electron chi connectivity index (χ4n) is 5.55. The molecule has 0 unspecified atom stereocenters. The highest BCUT2D eigenvalue weighted by Crippen LogP contribution is 2.20. The molecule has 4 nitrogen and oxygen atoms in total. The van der Waals surface area contributed by atoms with E-state index in [0.29, 0.717) is 0 Å². The van der Waals surface area contributed by atoms with E-state index < -0.39 is 0 Å². The summed E-state index contributed by atoms with van der Waals surface area (Å²) in [5.74, 6) is 0. The van der Waals surface area contributed by atoms with Crippen LogP contribution in [0, 0.1) is 0 Å². The molecule has 4 heteroatoms. The van der Waals surface area contributed by atoms with Crippen molar-refractivity contribution >= 4 is 0 Å². The first-order valence-electron chi connectivity index (χ1n) is 15.3. The Kier molecular flexibility index (Phi) is 29.3. The molecule has 0 atom stereocenters. The van der Waals surface area contributed by atoms with E-state index in [1.165, 1.54) is 164 Å². The van der Waals surface area contributed by atoms with Crippen LogP contribution in [0.3, 0.4) is 0 Å². The van der Waals surface area contributed by atoms with Gasteiger partial charge in [0.05, 0.1) is 52.4 Å². The van der Waals surface area contributed by atoms with Crippen LogP contribution in [0.2, 0.25) is 0 Å². The number of rotatable bonds is 25. The minimum Gasteiger partial charge on any atom is -0.870 e. The molecule has 0 spiro atoms. The van der Waals surface area contributed by atoms with E-state index >= 15 is 0 Å². The maximum absolute atomic E-state index is 2.37. The molecular formula is C30H68N2O2. The first kappa shape index (κ1) is 38.4. The zero-order valence-corrected chi connectivity index (χ0v) is 24.8. The average molecular weight is 489 g/mol. The average Bonchev–Trinajstić information content (AvgIpc) is 2.82. The molecule has 0 bridgehead atoms. The molecule has 0 aromatic rings. The molecule has 0 aliphatic rings. The first-order valence-corrected chi connectivity index (χ1v) is 15.3. The lowest BCUT2D eigenvalue weighted by Gasteiger charge is -2.40. The second-order valence-corrected chi connectivity index (χ2v) is 11.0. The van der Waals surface area contributed by atoms with Gasteiger partial charge in [0.15, 0.2) is 0 Å². The van der Waals surface area contributed by atoms with Crippen LogP contribution in [0.25, 0.3) is 0 Å². The highest BCUT2D eigenvalue weighted by Gasteiger charge is 2.26. The van der Waals surface area contributed by atoms with E-state index in [-0.39, 0.29) is 11.0 Å². The van der Waals surface area contributed by atoms with Crippen LogP contribution in [0.15, 0.2) is 0 Å². The molecule has 0 saturated carbocycles. The van der Waals surface area contributed by atoms with Gasteiger partial charge in [-0.2, -0.15) is 0 Å². The van der Waals surface area contributed by atoms with Crippen molar-refractivity contribution in [3.05, 3.63) is 0 Å². The lowest BCUT2D eigenvalue weighted by molar-refractivity contribution is -0.929. The summed E-state index contributed by atoms with van der Waals surface area (Å²) < 4.78 is 2.86. The zero-order chi connectivity index (χ0) is 24.0. The minimum atomic E-state index is 0. The zero-order valence-electron chi connectivity index (χ0n) is 24.8. The lowest BCUT2D eigenvalue weighted by atomic mass is 10.1. The third-order valence-corrected chi connectivity index (χ3v) is 7.93. The number of unbranched alkanes of at least 4 members (excludes halogenated alkanes) is 9. The molecule has 0 amide bonds. The minimum absolute atomic E-state index is 0. The molecule has 0 rings (SSSR count). The molecule has 0 saturated heterocycles. The van der Waals surface area contributed by atoms with Crippen molar-refractivity contribution in [3.63, 3.8) is 0 Å². The van der Waals surface area contributed by atoms with E-state index in [1.807, 2.05) is 0 Å². The van der Waals surface area contributed by atoms with Crippen molar-refractivity contribution in [3.8, 4) is 0 Å². The van der Waals surface area contributed by atoms with E-state index in [4.69, 9.17) is 0 Å². The van der Waals surface area contributed by atoms with Crippen molar-refractivity contribution in [1.29, 1.82) is 0 Å². The van der Waals surface area contributed by atoms with Gasteiger partial charge >= 0.3 is 0 Å². The van der Waals surface area contributed by atoms with Gasteiger partial charge in [-0.05, 0) is 64.2 Å². The van der Waals surface area contributed by atoms with Gasteiger partial charge in [0.25, 0.3) is 0 Å². The highest BCUT2D eigenvalue weighted by atomic mass is 16.0. The van der Waals surface area contributed by atoms with Crippen molar-refractivity contribution in [2.45, 2.75) is 144 Å². The molecule has 210 valence electrons. The summed E-state index contributed by atoms with van der Waals surface area (Å²) in [6.07, 6.45) is 22.4. The summed E-state index contributed by atoms with van der Waals surface area (Å²) in [6.45, 7) is 25.7. The Morgan fingerprint density at radius 3 is 0.618 bits per heavy atom. The Morgan fingerprint density at radius 1 is 0.265 bits per heavy atom. The summed E-state index contributed by atoms with van der Waals surface area (Å²) in [6, 6.07) is 0. The van der Waals surface area contributed by atoms with Crippen LogP contribution >= 0.6 is 0 Å². The number of quaternary nitrogens is 2. The summed E-state index contributed by atoms with van der Waals surface area (Å²) in [4.78, 5) is 0. The fraction of sp³-hybridized carbons (Fsp3) is 1.00. The van der Waals surface area contributed by atoms with Crippen LogP contribution in [0.4, 0.5) is 0 Å². The van der Waals surface area contributed by atoms with Gasteiger partial charge in [0.1, 0.15) is 0 Å². The molecule has 0 heterocycles. The van der Waals surface area contributed by atoms with Gasteiger partial charge < -0.3 is 19.9 Å². The van der Waals surface area contributed by atoms with E-state index in [0.717, 1.165) is 0 Å². The van der Waals surface area contributed by atoms with Crippen molar-refractivity contribution in [2.75, 3.05) is 52.4 Å². The molecule has 0 aromatic heterocycles. The van der Waals surface area contributed by atoms with E-state index in [1.54, 1.807) is 0 Å². The summed E-state index contributed by atoms with van der Waals surface area (Å²) in [7, 11) is 0. The normalized spacial score (nSPS) is 11.8. The highest BCUT2D eigenvalue weighted by molar-refractivity contribution is 4.53. The maximum Gasteiger partial charge on any atom is 0.0786 e. The van der Waals surface area contributed by atoms with Crippen molar-refractivity contribution < 1.29 is 19.9 Å². The van der Waals surface area contributed by atoms with Gasteiger partial charge in [-0.15, -0.1) is 0 Å². The molecule has 0 aromatic carbocycles. The smallest absolute Gasteiger partial charge is 0.0786 e.